The Morgan fingerprint density at radius 1 is 1.60 bits per heavy atom. The van der Waals surface area contributed by atoms with Gasteiger partial charge >= 0.3 is 0 Å². The smallest absolute Gasteiger partial charge is 0.252 e. The van der Waals surface area contributed by atoms with Crippen LogP contribution in [0.3, 0.4) is 0 Å². The highest BCUT2D eigenvalue weighted by atomic mass is 79.9. The number of nitrogens with one attached hydrogen (secondary N) is 1. The topological polar surface area (TPSA) is 29.1 Å². The summed E-state index contributed by atoms with van der Waals surface area (Å²) in [4.78, 5) is 11.7. The van der Waals surface area contributed by atoms with Gasteiger partial charge in [0.15, 0.2) is 0 Å². The molecule has 2 nitrogen and oxygen atoms in total. The maximum Gasteiger partial charge on any atom is 0.252 e. The number of hydrogen-bond acceptors (Lipinski definition) is 1. The molecule has 1 aromatic rings. The number of amides is 1. The molecule has 2 rings (SSSR count). The van der Waals surface area contributed by atoms with E-state index in [0.29, 0.717) is 16.0 Å². The number of halogens is 2. The molecule has 0 aromatic heterocycles. The van der Waals surface area contributed by atoms with Crippen molar-refractivity contribution in [3.05, 3.63) is 34.1 Å². The summed E-state index contributed by atoms with van der Waals surface area (Å²) in [5.41, 5.74) is 0.356. The third-order valence-corrected chi connectivity index (χ3v) is 3.29. The first-order chi connectivity index (χ1) is 7.08. The summed E-state index contributed by atoms with van der Waals surface area (Å²) in [5.74, 6) is -0.0656. The quantitative estimate of drug-likeness (QED) is 0.881. The van der Waals surface area contributed by atoms with Crippen molar-refractivity contribution in [2.75, 3.05) is 0 Å². The third kappa shape index (κ3) is 2.37. The molecule has 0 aliphatic heterocycles. The van der Waals surface area contributed by atoms with Gasteiger partial charge in [-0.3, -0.25) is 4.79 Å². The van der Waals surface area contributed by atoms with Gasteiger partial charge in [-0.1, -0.05) is 6.92 Å². The maximum atomic E-state index is 12.9. The fraction of sp³-hybridized carbons (Fsp3) is 0.364. The molecule has 2 unspecified atom stereocenters. The molecule has 4 heteroatoms. The third-order valence-electron chi connectivity index (χ3n) is 2.60. The summed E-state index contributed by atoms with van der Waals surface area (Å²) in [6, 6.07) is 4.36. The molecule has 0 bridgehead atoms. The Morgan fingerprint density at radius 2 is 2.27 bits per heavy atom. The second-order valence-corrected chi connectivity index (χ2v) is 4.77. The van der Waals surface area contributed by atoms with Crippen LogP contribution in [0.4, 0.5) is 4.39 Å². The van der Waals surface area contributed by atoms with Crippen molar-refractivity contribution in [2.24, 2.45) is 5.92 Å². The minimum Gasteiger partial charge on any atom is -0.349 e. The van der Waals surface area contributed by atoms with Crippen molar-refractivity contribution in [1.82, 2.24) is 5.32 Å². The molecule has 0 heterocycles. The van der Waals surface area contributed by atoms with E-state index in [1.165, 1.54) is 12.1 Å². The monoisotopic (exact) mass is 271 g/mol. The van der Waals surface area contributed by atoms with Gasteiger partial charge in [-0.25, -0.2) is 4.39 Å². The minimum absolute atomic E-state index is 0.212. The molecule has 1 aliphatic carbocycles. The summed E-state index contributed by atoms with van der Waals surface area (Å²) < 4.78 is 13.6. The van der Waals surface area contributed by atoms with E-state index in [0.717, 1.165) is 6.42 Å². The fourth-order valence-corrected chi connectivity index (χ4v) is 1.87. The number of rotatable bonds is 2. The van der Waals surface area contributed by atoms with Crippen LogP contribution in [0, 0.1) is 11.7 Å². The molecule has 0 spiro atoms. The minimum atomic E-state index is -0.396. The highest BCUT2D eigenvalue weighted by Gasteiger charge is 2.34. The molecule has 1 saturated carbocycles. The Morgan fingerprint density at radius 3 is 2.87 bits per heavy atom. The standard InChI is InChI=1S/C11H11BrFNO/c1-6-4-10(6)14-11(15)8-5-7(13)2-3-9(8)12/h2-3,5-6,10H,4H2,1H3,(H,14,15). The van der Waals surface area contributed by atoms with Crippen LogP contribution in [-0.4, -0.2) is 11.9 Å². The lowest BCUT2D eigenvalue weighted by molar-refractivity contribution is 0.0948. The van der Waals surface area contributed by atoms with Gasteiger partial charge in [0.1, 0.15) is 5.82 Å². The van der Waals surface area contributed by atoms with Gasteiger partial charge in [0.25, 0.3) is 5.91 Å². The Balaban J connectivity index is 2.14. The molecule has 1 aromatic carbocycles. The average molecular weight is 272 g/mol. The molecular weight excluding hydrogens is 261 g/mol. The zero-order valence-electron chi connectivity index (χ0n) is 8.26. The number of benzene rings is 1. The lowest BCUT2D eigenvalue weighted by Gasteiger charge is -2.05. The van der Waals surface area contributed by atoms with E-state index in [2.05, 4.69) is 28.2 Å². The first-order valence-electron chi connectivity index (χ1n) is 4.84. The van der Waals surface area contributed by atoms with E-state index in [1.54, 1.807) is 6.07 Å². The Labute approximate surface area is 96.0 Å². The van der Waals surface area contributed by atoms with Crippen LogP contribution in [0.2, 0.25) is 0 Å². The number of carbonyl (C=O) groups excluding carboxylic acids is 1. The molecule has 2 atom stereocenters. The molecule has 0 saturated heterocycles. The Kier molecular flexibility index (Phi) is 2.78. The van der Waals surface area contributed by atoms with Crippen LogP contribution in [0.15, 0.2) is 22.7 Å². The highest BCUT2D eigenvalue weighted by molar-refractivity contribution is 9.10. The summed E-state index contributed by atoms with van der Waals surface area (Å²) in [5, 5.41) is 2.85. The van der Waals surface area contributed by atoms with Crippen molar-refractivity contribution in [1.29, 1.82) is 0 Å². The lowest BCUT2D eigenvalue weighted by atomic mass is 10.2. The van der Waals surface area contributed by atoms with E-state index >= 15 is 0 Å². The molecule has 1 N–H and O–H groups in total. The van der Waals surface area contributed by atoms with Crippen molar-refractivity contribution in [3.63, 3.8) is 0 Å². The van der Waals surface area contributed by atoms with Gasteiger partial charge in [0, 0.05) is 10.5 Å². The van der Waals surface area contributed by atoms with Gasteiger partial charge in [0.2, 0.25) is 0 Å². The molecular formula is C11H11BrFNO. The second kappa shape index (κ2) is 3.93. The van der Waals surface area contributed by atoms with E-state index in [4.69, 9.17) is 0 Å². The molecule has 15 heavy (non-hydrogen) atoms. The van der Waals surface area contributed by atoms with E-state index < -0.39 is 5.82 Å². The summed E-state index contributed by atoms with van der Waals surface area (Å²) >= 11 is 3.23. The van der Waals surface area contributed by atoms with Crippen LogP contribution in [-0.2, 0) is 0 Å². The fourth-order valence-electron chi connectivity index (χ4n) is 1.44. The first-order valence-corrected chi connectivity index (χ1v) is 5.63. The number of carbonyl (C=O) groups is 1. The van der Waals surface area contributed by atoms with Crippen LogP contribution in [0.25, 0.3) is 0 Å². The number of hydrogen-bond donors (Lipinski definition) is 1. The van der Waals surface area contributed by atoms with Crippen molar-refractivity contribution < 1.29 is 9.18 Å². The summed E-state index contributed by atoms with van der Waals surface area (Å²) in [7, 11) is 0. The molecule has 0 radical (unpaired) electrons. The Hall–Kier alpha value is -0.900. The normalized spacial score (nSPS) is 23.7. The highest BCUT2D eigenvalue weighted by Crippen LogP contribution is 2.29. The van der Waals surface area contributed by atoms with Crippen molar-refractivity contribution >= 4 is 21.8 Å². The van der Waals surface area contributed by atoms with Gasteiger partial charge < -0.3 is 5.32 Å². The molecule has 1 fully saturated rings. The first kappa shape index (κ1) is 10.6. The van der Waals surface area contributed by atoms with Crippen LogP contribution in [0.1, 0.15) is 23.7 Å². The van der Waals surface area contributed by atoms with Crippen molar-refractivity contribution in [3.8, 4) is 0 Å². The van der Waals surface area contributed by atoms with Gasteiger partial charge in [0.05, 0.1) is 5.56 Å². The SMILES string of the molecule is CC1CC1NC(=O)c1cc(F)ccc1Br. The molecule has 80 valence electrons. The lowest BCUT2D eigenvalue weighted by Crippen LogP contribution is -2.26. The van der Waals surface area contributed by atoms with E-state index in [1.807, 2.05) is 0 Å². The van der Waals surface area contributed by atoms with Crippen molar-refractivity contribution in [2.45, 2.75) is 19.4 Å². The largest absolute Gasteiger partial charge is 0.349 e. The van der Waals surface area contributed by atoms with E-state index in [9.17, 15) is 9.18 Å². The zero-order valence-corrected chi connectivity index (χ0v) is 9.84. The summed E-state index contributed by atoms with van der Waals surface area (Å²) in [6.07, 6.45) is 1.01. The Bertz CT molecular complexity index is 408. The predicted octanol–water partition coefficient (Wildman–Crippen LogP) is 2.73. The maximum absolute atomic E-state index is 12.9. The van der Waals surface area contributed by atoms with Crippen LogP contribution in [0.5, 0.6) is 0 Å². The summed E-state index contributed by atoms with van der Waals surface area (Å²) in [6.45, 7) is 2.07. The predicted molar refractivity (Wildman–Crippen MR) is 59.1 cm³/mol. The second-order valence-electron chi connectivity index (χ2n) is 3.92. The molecule has 1 amide bonds. The average Bonchev–Trinajstić information content (AvgIpc) is 2.86. The zero-order chi connectivity index (χ0) is 11.0. The molecule has 1 aliphatic rings. The van der Waals surface area contributed by atoms with Gasteiger partial charge in [-0.15, -0.1) is 0 Å². The van der Waals surface area contributed by atoms with Crippen LogP contribution >= 0.6 is 15.9 Å². The van der Waals surface area contributed by atoms with E-state index in [-0.39, 0.29) is 11.9 Å². The van der Waals surface area contributed by atoms with Gasteiger partial charge in [-0.2, -0.15) is 0 Å². The van der Waals surface area contributed by atoms with Gasteiger partial charge in [-0.05, 0) is 46.5 Å². The van der Waals surface area contributed by atoms with Crippen LogP contribution < -0.4 is 5.32 Å².